The number of fused-ring (bicyclic) bond motifs is 2. The summed E-state index contributed by atoms with van der Waals surface area (Å²) in [6.07, 6.45) is 5.70. The van der Waals surface area contributed by atoms with Gasteiger partial charge in [0.2, 0.25) is 5.91 Å². The van der Waals surface area contributed by atoms with E-state index in [-0.39, 0.29) is 0 Å². The van der Waals surface area contributed by atoms with Crippen molar-refractivity contribution in [3.05, 3.63) is 35.4 Å². The number of nitrogens with zero attached hydrogens (tertiary/aromatic N) is 2. The monoisotopic (exact) mass is 328 g/mol. The van der Waals surface area contributed by atoms with Crippen LogP contribution in [0.2, 0.25) is 0 Å². The molecule has 0 radical (unpaired) electrons. The van der Waals surface area contributed by atoms with Crippen LogP contribution in [-0.4, -0.2) is 61.6 Å². The van der Waals surface area contributed by atoms with Gasteiger partial charge < -0.3 is 14.5 Å². The maximum absolute atomic E-state index is 12.3. The van der Waals surface area contributed by atoms with Gasteiger partial charge in [0.05, 0.1) is 13.2 Å². The molecule has 0 N–H and O–H groups in total. The van der Waals surface area contributed by atoms with Gasteiger partial charge in [-0.25, -0.2) is 0 Å². The molecular weight excluding hydrogens is 300 g/mol. The molecule has 2 aliphatic heterocycles. The Morgan fingerprint density at radius 1 is 1.04 bits per heavy atom. The summed E-state index contributed by atoms with van der Waals surface area (Å²) in [6, 6.07) is 9.01. The maximum atomic E-state index is 12.3. The first-order valence-corrected chi connectivity index (χ1v) is 9.43. The molecule has 2 saturated heterocycles. The molecule has 24 heavy (non-hydrogen) atoms. The normalized spacial score (nSPS) is 23.4. The van der Waals surface area contributed by atoms with E-state index >= 15 is 0 Å². The number of amides is 1. The highest BCUT2D eigenvalue weighted by Crippen LogP contribution is 2.46. The lowest BCUT2D eigenvalue weighted by Crippen LogP contribution is -2.44. The Hall–Kier alpha value is -1.39. The highest BCUT2D eigenvalue weighted by molar-refractivity contribution is 5.76. The molecule has 0 saturated carbocycles. The van der Waals surface area contributed by atoms with Crippen LogP contribution in [-0.2, 0) is 21.4 Å². The quantitative estimate of drug-likeness (QED) is 0.853. The number of hydrogen-bond acceptors (Lipinski definition) is 3. The van der Waals surface area contributed by atoms with Gasteiger partial charge in [-0.15, -0.1) is 0 Å². The Morgan fingerprint density at radius 2 is 1.79 bits per heavy atom. The maximum Gasteiger partial charge on any atom is 0.224 e. The summed E-state index contributed by atoms with van der Waals surface area (Å²) in [5, 5.41) is 0. The van der Waals surface area contributed by atoms with Gasteiger partial charge in [-0.1, -0.05) is 24.3 Å². The summed E-state index contributed by atoms with van der Waals surface area (Å²) in [7, 11) is 0. The minimum Gasteiger partial charge on any atom is -0.378 e. The topological polar surface area (TPSA) is 32.8 Å². The molecule has 4 heteroatoms. The van der Waals surface area contributed by atoms with Gasteiger partial charge in [0, 0.05) is 26.1 Å². The highest BCUT2D eigenvalue weighted by atomic mass is 16.5. The summed E-state index contributed by atoms with van der Waals surface area (Å²) in [4.78, 5) is 16.7. The fraction of sp³-hybridized carbons (Fsp3) is 0.650. The molecule has 1 spiro atoms. The molecular formula is C20H28N2O2. The Morgan fingerprint density at radius 3 is 2.58 bits per heavy atom. The molecule has 1 amide bonds. The first-order chi connectivity index (χ1) is 11.8. The Bertz CT molecular complexity index is 587. The second-order valence-corrected chi connectivity index (χ2v) is 7.52. The van der Waals surface area contributed by atoms with Crippen molar-refractivity contribution in [2.45, 2.75) is 37.5 Å². The zero-order valence-corrected chi connectivity index (χ0v) is 14.5. The standard InChI is InChI=1S/C20H28N2O2/c23-19(22-13-15-24-16-14-22)6-10-21-11-8-20(9-12-21)7-5-17-3-1-2-4-18(17)20/h1-4H,5-16H2. The van der Waals surface area contributed by atoms with Crippen LogP contribution in [0, 0.1) is 0 Å². The van der Waals surface area contributed by atoms with Crippen LogP contribution in [0.3, 0.4) is 0 Å². The smallest absolute Gasteiger partial charge is 0.224 e. The molecule has 0 bridgehead atoms. The van der Waals surface area contributed by atoms with Gasteiger partial charge in [-0.05, 0) is 55.3 Å². The third-order valence-electron chi connectivity index (χ3n) is 6.28. The number of benzene rings is 1. The van der Waals surface area contributed by atoms with E-state index in [9.17, 15) is 4.79 Å². The van der Waals surface area contributed by atoms with E-state index in [2.05, 4.69) is 29.2 Å². The van der Waals surface area contributed by atoms with Crippen molar-refractivity contribution in [2.24, 2.45) is 0 Å². The molecule has 4 rings (SSSR count). The van der Waals surface area contributed by atoms with Crippen LogP contribution in [0.5, 0.6) is 0 Å². The number of hydrogen-bond donors (Lipinski definition) is 0. The molecule has 1 aliphatic carbocycles. The number of morpholine rings is 1. The number of ether oxygens (including phenoxy) is 1. The number of aryl methyl sites for hydroxylation is 1. The van der Waals surface area contributed by atoms with Crippen molar-refractivity contribution in [2.75, 3.05) is 45.9 Å². The zero-order chi connectivity index (χ0) is 16.4. The van der Waals surface area contributed by atoms with Gasteiger partial charge in [0.15, 0.2) is 0 Å². The SMILES string of the molecule is O=C(CCN1CCC2(CCc3ccccc32)CC1)N1CCOCC1. The predicted octanol–water partition coefficient (Wildman–Crippen LogP) is 2.22. The average molecular weight is 328 g/mol. The molecule has 0 unspecified atom stereocenters. The predicted molar refractivity (Wildman–Crippen MR) is 94.1 cm³/mol. The van der Waals surface area contributed by atoms with Gasteiger partial charge in [0.1, 0.15) is 0 Å². The second-order valence-electron chi connectivity index (χ2n) is 7.52. The van der Waals surface area contributed by atoms with Crippen molar-refractivity contribution in [1.29, 1.82) is 0 Å². The Kier molecular flexibility index (Phi) is 4.59. The molecule has 0 aromatic heterocycles. The molecule has 2 fully saturated rings. The van der Waals surface area contributed by atoms with Crippen molar-refractivity contribution < 1.29 is 9.53 Å². The van der Waals surface area contributed by atoms with Crippen LogP contribution in [0.25, 0.3) is 0 Å². The highest BCUT2D eigenvalue weighted by Gasteiger charge is 2.40. The van der Waals surface area contributed by atoms with E-state index in [4.69, 9.17) is 4.74 Å². The fourth-order valence-electron chi connectivity index (χ4n) is 4.71. The van der Waals surface area contributed by atoms with Gasteiger partial charge in [-0.3, -0.25) is 4.79 Å². The van der Waals surface area contributed by atoms with Crippen LogP contribution in [0.4, 0.5) is 0 Å². The lowest BCUT2D eigenvalue weighted by molar-refractivity contribution is -0.135. The summed E-state index contributed by atoms with van der Waals surface area (Å²) in [5.41, 5.74) is 3.59. The number of rotatable bonds is 3. The van der Waals surface area contributed by atoms with Gasteiger partial charge in [-0.2, -0.15) is 0 Å². The minimum atomic E-state index is 0.296. The third kappa shape index (κ3) is 3.09. The molecule has 4 nitrogen and oxygen atoms in total. The summed E-state index contributed by atoms with van der Waals surface area (Å²) in [6.45, 7) is 6.08. The lowest BCUT2D eigenvalue weighted by Gasteiger charge is -2.40. The van der Waals surface area contributed by atoms with Crippen LogP contribution in [0.15, 0.2) is 24.3 Å². The summed E-state index contributed by atoms with van der Waals surface area (Å²) in [5.74, 6) is 0.296. The first-order valence-electron chi connectivity index (χ1n) is 9.43. The van der Waals surface area contributed by atoms with Crippen molar-refractivity contribution in [1.82, 2.24) is 9.80 Å². The summed E-state index contributed by atoms with van der Waals surface area (Å²) < 4.78 is 5.32. The van der Waals surface area contributed by atoms with Crippen LogP contribution < -0.4 is 0 Å². The van der Waals surface area contributed by atoms with Crippen molar-refractivity contribution in [3.8, 4) is 0 Å². The van der Waals surface area contributed by atoms with E-state index in [0.717, 1.165) is 32.7 Å². The Balaban J connectivity index is 1.29. The molecule has 1 aromatic rings. The van der Waals surface area contributed by atoms with Gasteiger partial charge >= 0.3 is 0 Å². The third-order valence-corrected chi connectivity index (χ3v) is 6.28. The number of carbonyl (C=O) groups is 1. The van der Waals surface area contributed by atoms with Crippen LogP contribution >= 0.6 is 0 Å². The first kappa shape index (κ1) is 16.1. The number of piperidine rings is 1. The number of likely N-dealkylation sites (tertiary alicyclic amines) is 1. The van der Waals surface area contributed by atoms with E-state index in [1.165, 1.54) is 25.7 Å². The van der Waals surface area contributed by atoms with E-state index < -0.39 is 0 Å². The van der Waals surface area contributed by atoms with E-state index in [1.54, 1.807) is 11.1 Å². The molecule has 3 aliphatic rings. The van der Waals surface area contributed by atoms with Crippen molar-refractivity contribution >= 4 is 5.91 Å². The van der Waals surface area contributed by atoms with E-state index in [0.29, 0.717) is 31.0 Å². The molecule has 130 valence electrons. The minimum absolute atomic E-state index is 0.296. The second kappa shape index (κ2) is 6.85. The average Bonchev–Trinajstić information content (AvgIpc) is 3.00. The summed E-state index contributed by atoms with van der Waals surface area (Å²) >= 11 is 0. The van der Waals surface area contributed by atoms with Crippen LogP contribution in [0.1, 0.15) is 36.8 Å². The molecule has 0 atom stereocenters. The largest absolute Gasteiger partial charge is 0.378 e. The lowest BCUT2D eigenvalue weighted by atomic mass is 9.74. The number of carbonyl (C=O) groups excluding carboxylic acids is 1. The fourth-order valence-corrected chi connectivity index (χ4v) is 4.71. The van der Waals surface area contributed by atoms with Crippen molar-refractivity contribution in [3.63, 3.8) is 0 Å². The van der Waals surface area contributed by atoms with E-state index in [1.807, 2.05) is 4.90 Å². The zero-order valence-electron chi connectivity index (χ0n) is 14.5. The molecule has 1 aromatic carbocycles. The molecule has 2 heterocycles. The Labute approximate surface area is 144 Å². The van der Waals surface area contributed by atoms with Gasteiger partial charge in [0.25, 0.3) is 0 Å².